The summed E-state index contributed by atoms with van der Waals surface area (Å²) < 4.78 is 5.13. The maximum atomic E-state index is 2.57. The Morgan fingerprint density at radius 1 is 0.300 bits per heavy atom. The topological polar surface area (TPSA) is 15.3 Å². The lowest BCUT2D eigenvalue weighted by Gasteiger charge is -2.30. The molecule has 15 rings (SSSR count). The lowest BCUT2D eigenvalue weighted by atomic mass is 9.84. The number of hydrogen-bond donors (Lipinski definition) is 0. The average Bonchev–Trinajstić information content (AvgIpc) is 2.55. The molecule has 15 aromatic rings. The Kier molecular flexibility index (Phi) is 10.5. The van der Waals surface area contributed by atoms with E-state index in [2.05, 4.69) is 305 Å². The number of para-hydroxylation sites is 2. The Morgan fingerprint density at radius 2 is 0.688 bits per heavy atom. The number of anilines is 6. The molecule has 0 amide bonds. The second-order valence-corrected chi connectivity index (χ2v) is 24.3. The molecule has 0 radical (unpaired) electrons. The van der Waals surface area contributed by atoms with Crippen molar-refractivity contribution in [1.29, 1.82) is 0 Å². The van der Waals surface area contributed by atoms with E-state index in [4.69, 9.17) is 0 Å². The molecule has 0 fully saturated rings. The van der Waals surface area contributed by atoms with Crippen molar-refractivity contribution in [2.24, 2.45) is 0 Å². The molecule has 11 aromatic carbocycles. The van der Waals surface area contributed by atoms with E-state index in [1.807, 2.05) is 0 Å². The summed E-state index contributed by atoms with van der Waals surface area (Å²) >= 11 is 0. The van der Waals surface area contributed by atoms with Gasteiger partial charge in [0, 0.05) is 65.6 Å². The first-order valence-corrected chi connectivity index (χ1v) is 28.3. The Balaban J connectivity index is 1.01. The normalized spacial score (nSPS) is 12.5. The summed E-state index contributed by atoms with van der Waals surface area (Å²) in [6.07, 6.45) is 0. The van der Waals surface area contributed by atoms with Crippen LogP contribution in [0.15, 0.2) is 231 Å². The Hall–Kier alpha value is -9.38. The van der Waals surface area contributed by atoms with Crippen LogP contribution in [0.5, 0.6) is 0 Å². The fourth-order valence-corrected chi connectivity index (χ4v) is 13.3. The van der Waals surface area contributed by atoms with E-state index in [1.165, 1.54) is 121 Å². The molecule has 0 saturated heterocycles. The summed E-state index contributed by atoms with van der Waals surface area (Å²) in [5.41, 5.74) is 24.0. The lowest BCUT2D eigenvalue weighted by molar-refractivity contribution is 0.590. The zero-order chi connectivity index (χ0) is 54.3. The van der Waals surface area contributed by atoms with Crippen LogP contribution in [0, 0.1) is 13.8 Å². The van der Waals surface area contributed by atoms with E-state index in [0.717, 1.165) is 34.1 Å². The van der Waals surface area contributed by atoms with Gasteiger partial charge in [-0.3, -0.25) is 0 Å². The van der Waals surface area contributed by atoms with Gasteiger partial charge in [-0.25, -0.2) is 0 Å². The van der Waals surface area contributed by atoms with Crippen LogP contribution in [-0.2, 0) is 10.8 Å². The zero-order valence-electron chi connectivity index (χ0n) is 46.7. The van der Waals surface area contributed by atoms with Gasteiger partial charge in [-0.15, -0.1) is 0 Å². The fourth-order valence-electron chi connectivity index (χ4n) is 13.3. The van der Waals surface area contributed by atoms with Crippen LogP contribution < -0.4 is 9.80 Å². The maximum Gasteiger partial charge on any atom is 0.0641 e. The van der Waals surface area contributed by atoms with Gasteiger partial charge in [-0.2, -0.15) is 0 Å². The van der Waals surface area contributed by atoms with E-state index >= 15 is 0 Å². The molecular weight excluding hydrogens is 969 g/mol. The van der Waals surface area contributed by atoms with Crippen LogP contribution in [-0.4, -0.2) is 8.80 Å². The minimum absolute atomic E-state index is 0.0296. The van der Waals surface area contributed by atoms with Gasteiger partial charge >= 0.3 is 0 Å². The highest BCUT2D eigenvalue weighted by atomic mass is 15.2. The van der Waals surface area contributed by atoms with E-state index < -0.39 is 0 Å². The molecule has 4 nitrogen and oxygen atoms in total. The van der Waals surface area contributed by atoms with Crippen molar-refractivity contribution in [3.05, 3.63) is 253 Å². The number of nitrogens with zero attached hydrogens (tertiary/aromatic N) is 4. The molecular formula is C76H62N4. The van der Waals surface area contributed by atoms with Crippen molar-refractivity contribution in [2.45, 2.75) is 66.2 Å². The van der Waals surface area contributed by atoms with Gasteiger partial charge in [-0.1, -0.05) is 187 Å². The first-order chi connectivity index (χ1) is 38.8. The van der Waals surface area contributed by atoms with Crippen LogP contribution >= 0.6 is 0 Å². The Labute approximate surface area is 467 Å². The van der Waals surface area contributed by atoms with Crippen molar-refractivity contribution < 1.29 is 0 Å². The molecule has 386 valence electrons. The highest BCUT2D eigenvalue weighted by Gasteiger charge is 2.30. The first kappa shape index (κ1) is 47.8. The molecule has 0 aliphatic rings. The third kappa shape index (κ3) is 7.21. The minimum atomic E-state index is -0.0296. The van der Waals surface area contributed by atoms with Gasteiger partial charge in [0.15, 0.2) is 0 Å². The number of aromatic nitrogens is 2. The second-order valence-electron chi connectivity index (χ2n) is 24.3. The van der Waals surface area contributed by atoms with Gasteiger partial charge in [0.1, 0.15) is 0 Å². The number of benzene rings is 11. The third-order valence-corrected chi connectivity index (χ3v) is 17.1. The molecule has 0 bridgehead atoms. The van der Waals surface area contributed by atoms with E-state index in [9.17, 15) is 0 Å². The van der Waals surface area contributed by atoms with Crippen LogP contribution in [0.2, 0.25) is 0 Å². The number of aryl methyl sites for hydroxylation is 2. The average molecular weight is 1030 g/mol. The summed E-state index contributed by atoms with van der Waals surface area (Å²) in [5.74, 6) is 0. The number of rotatable bonds is 8. The van der Waals surface area contributed by atoms with Crippen LogP contribution in [0.3, 0.4) is 0 Å². The summed E-state index contributed by atoms with van der Waals surface area (Å²) in [6.45, 7) is 18.2. The Morgan fingerprint density at radius 3 is 1.09 bits per heavy atom. The summed E-state index contributed by atoms with van der Waals surface area (Å²) in [5, 5.41) is 9.95. The summed E-state index contributed by atoms with van der Waals surface area (Å²) in [7, 11) is 0. The molecule has 0 N–H and O–H groups in total. The van der Waals surface area contributed by atoms with Crippen molar-refractivity contribution in [3.63, 3.8) is 0 Å². The predicted octanol–water partition coefficient (Wildman–Crippen LogP) is 21.5. The fraction of sp³-hybridized carbons (Fsp3) is 0.132. The molecule has 0 atom stereocenters. The molecule has 0 spiro atoms. The van der Waals surface area contributed by atoms with Gasteiger partial charge in [-0.05, 0) is 143 Å². The Bertz CT molecular complexity index is 4610. The zero-order valence-corrected chi connectivity index (χ0v) is 46.7. The minimum Gasteiger partial charge on any atom is -0.309 e. The molecule has 80 heavy (non-hydrogen) atoms. The van der Waals surface area contributed by atoms with Crippen molar-refractivity contribution in [2.75, 3.05) is 9.80 Å². The van der Waals surface area contributed by atoms with Gasteiger partial charge < -0.3 is 18.6 Å². The monoisotopic (exact) mass is 1030 g/mol. The maximum absolute atomic E-state index is 2.57. The summed E-state index contributed by atoms with van der Waals surface area (Å²) in [6, 6.07) is 86.8. The van der Waals surface area contributed by atoms with Crippen LogP contribution in [0.4, 0.5) is 34.1 Å². The molecule has 0 saturated carbocycles. The molecule has 0 aliphatic heterocycles. The van der Waals surface area contributed by atoms with Gasteiger partial charge in [0.25, 0.3) is 0 Å². The highest BCUT2D eigenvalue weighted by Crippen LogP contribution is 2.53. The standard InChI is InChI=1S/C76H62N4/c1-47-21-19-27-53(41-47)77(65-37-33-51(75(3,4)5)43-59(65)49-23-11-9-12-24-49)67-39-35-55-61-45-70-62(46-69(61)79-63-31-17-15-29-57(63)71(67)73(55)79)56-36-40-68(72-58-30-16-18-32-64(58)80(70)74(56)72)78(54-28-20-22-48(2)42-54)66-38-34-52(76(6,7)8)44-60(66)50-25-13-10-14-26-50/h9-46H,1-8H3. The largest absolute Gasteiger partial charge is 0.309 e. The van der Waals surface area contributed by atoms with E-state index in [-0.39, 0.29) is 10.8 Å². The summed E-state index contributed by atoms with van der Waals surface area (Å²) in [4.78, 5) is 5.05. The molecule has 4 heterocycles. The van der Waals surface area contributed by atoms with Gasteiger partial charge in [0.05, 0.1) is 55.8 Å². The smallest absolute Gasteiger partial charge is 0.0641 e. The highest BCUT2D eigenvalue weighted by molar-refractivity contribution is 6.32. The second kappa shape index (κ2) is 17.6. The molecule has 0 aliphatic carbocycles. The lowest BCUT2D eigenvalue weighted by Crippen LogP contribution is -2.15. The number of hydrogen-bond acceptors (Lipinski definition) is 2. The van der Waals surface area contributed by atoms with Gasteiger partial charge in [0.2, 0.25) is 0 Å². The SMILES string of the molecule is Cc1cccc(N(c2ccc(C(C)(C)C)cc2-c2ccccc2)c2ccc3c4cc5c(cc4n4c6ccccc6c2c34)c2ccc(N(c3cccc(C)c3)c3ccc(C(C)(C)C)cc3-c3ccccc3)c3c4ccccc4n5c23)c1. The van der Waals surface area contributed by atoms with E-state index in [0.29, 0.717) is 0 Å². The van der Waals surface area contributed by atoms with Crippen molar-refractivity contribution >= 4 is 110 Å². The predicted molar refractivity (Wildman–Crippen MR) is 343 cm³/mol. The molecule has 4 aromatic heterocycles. The van der Waals surface area contributed by atoms with E-state index in [1.54, 1.807) is 0 Å². The molecule has 0 unspecified atom stereocenters. The quantitative estimate of drug-likeness (QED) is 0.151. The number of fused-ring (bicyclic) bond motifs is 12. The van der Waals surface area contributed by atoms with Crippen molar-refractivity contribution in [1.82, 2.24) is 8.80 Å². The third-order valence-electron chi connectivity index (χ3n) is 17.1. The molecule has 4 heteroatoms. The first-order valence-electron chi connectivity index (χ1n) is 28.3. The van der Waals surface area contributed by atoms with Crippen LogP contribution in [0.1, 0.15) is 63.8 Å². The van der Waals surface area contributed by atoms with Crippen LogP contribution in [0.25, 0.3) is 98.4 Å². The van der Waals surface area contributed by atoms with Crippen molar-refractivity contribution in [3.8, 4) is 22.3 Å².